The van der Waals surface area contributed by atoms with Crippen LogP contribution < -0.4 is 20.9 Å². The molecule has 0 atom stereocenters. The van der Waals surface area contributed by atoms with Crippen LogP contribution in [-0.2, 0) is 4.79 Å². The monoisotopic (exact) mass is 485 g/mol. The fourth-order valence-corrected chi connectivity index (χ4v) is 4.70. The molecular formula is C24H29F2N7O2. The Morgan fingerprint density at radius 2 is 1.83 bits per heavy atom. The van der Waals surface area contributed by atoms with Crippen LogP contribution in [-0.4, -0.2) is 71.4 Å². The van der Waals surface area contributed by atoms with E-state index in [2.05, 4.69) is 15.3 Å². The number of anilines is 4. The van der Waals surface area contributed by atoms with E-state index in [0.29, 0.717) is 30.2 Å². The van der Waals surface area contributed by atoms with Gasteiger partial charge in [-0.05, 0) is 56.4 Å². The third-order valence-electron chi connectivity index (χ3n) is 7.10. The summed E-state index contributed by atoms with van der Waals surface area (Å²) in [5.74, 6) is -4.27. The van der Waals surface area contributed by atoms with Crippen molar-refractivity contribution in [2.24, 2.45) is 5.73 Å². The Hall–Kier alpha value is -3.34. The standard InChI is InChI=1S/C24H29F2N7O2/c1-31-19-13-28-23(30-20(19)33(18-3-2-4-18)14-24(25,26)22(31)35)29-17-7-5-15(6-8-17)21(34)32-11-9-16(27)10-12-32/h5-8,13,16,18H,2-4,9-12,14,27H2,1H3,(H,28,29,30). The molecule has 2 fully saturated rings. The van der Waals surface area contributed by atoms with E-state index in [0.717, 1.165) is 37.0 Å². The number of benzene rings is 1. The van der Waals surface area contributed by atoms with Crippen LogP contribution in [0.1, 0.15) is 42.5 Å². The van der Waals surface area contributed by atoms with E-state index in [1.807, 2.05) is 4.90 Å². The fraction of sp³-hybridized carbons (Fsp3) is 0.500. The number of hydrogen-bond acceptors (Lipinski definition) is 7. The highest BCUT2D eigenvalue weighted by Crippen LogP contribution is 2.40. The quantitative estimate of drug-likeness (QED) is 0.686. The molecule has 0 spiro atoms. The van der Waals surface area contributed by atoms with E-state index >= 15 is 0 Å². The van der Waals surface area contributed by atoms with Crippen molar-refractivity contribution in [3.63, 3.8) is 0 Å². The molecule has 1 aliphatic carbocycles. The van der Waals surface area contributed by atoms with Crippen molar-refractivity contribution >= 4 is 35.0 Å². The van der Waals surface area contributed by atoms with Crippen LogP contribution in [0.25, 0.3) is 0 Å². The van der Waals surface area contributed by atoms with Gasteiger partial charge in [-0.1, -0.05) is 0 Å². The molecule has 1 saturated carbocycles. The summed E-state index contributed by atoms with van der Waals surface area (Å²) in [4.78, 5) is 38.2. The Balaban J connectivity index is 1.36. The molecule has 3 N–H and O–H groups in total. The molecule has 2 amide bonds. The largest absolute Gasteiger partial charge is 0.345 e. The highest BCUT2D eigenvalue weighted by atomic mass is 19.3. The number of fused-ring (bicyclic) bond motifs is 1. The van der Waals surface area contributed by atoms with E-state index in [9.17, 15) is 18.4 Å². The zero-order chi connectivity index (χ0) is 24.7. The van der Waals surface area contributed by atoms with Crippen LogP contribution in [0.4, 0.5) is 31.9 Å². The summed E-state index contributed by atoms with van der Waals surface area (Å²) in [6.45, 7) is 0.593. The van der Waals surface area contributed by atoms with Gasteiger partial charge in [0.05, 0.1) is 12.7 Å². The summed E-state index contributed by atoms with van der Waals surface area (Å²) in [5, 5.41) is 3.09. The Kier molecular flexibility index (Phi) is 6.04. The zero-order valence-corrected chi connectivity index (χ0v) is 19.6. The van der Waals surface area contributed by atoms with Crippen molar-refractivity contribution in [3.05, 3.63) is 36.0 Å². The van der Waals surface area contributed by atoms with Crippen molar-refractivity contribution < 1.29 is 18.4 Å². The summed E-state index contributed by atoms with van der Waals surface area (Å²) in [7, 11) is 1.32. The second-order valence-corrected chi connectivity index (χ2v) is 9.52. The molecule has 1 aromatic heterocycles. The zero-order valence-electron chi connectivity index (χ0n) is 19.6. The summed E-state index contributed by atoms with van der Waals surface area (Å²) < 4.78 is 29.2. The lowest BCUT2D eigenvalue weighted by Gasteiger charge is -2.38. The molecule has 2 aliphatic heterocycles. The molecule has 11 heteroatoms. The van der Waals surface area contributed by atoms with Crippen LogP contribution in [0.2, 0.25) is 0 Å². The van der Waals surface area contributed by atoms with E-state index in [1.165, 1.54) is 13.2 Å². The summed E-state index contributed by atoms with van der Waals surface area (Å²) in [6, 6.07) is 7.04. The van der Waals surface area contributed by atoms with Gasteiger partial charge in [-0.2, -0.15) is 13.8 Å². The third kappa shape index (κ3) is 4.52. The number of carbonyl (C=O) groups is 2. The Labute approximate surface area is 202 Å². The van der Waals surface area contributed by atoms with Crippen LogP contribution in [0.3, 0.4) is 0 Å². The molecule has 1 aromatic carbocycles. The number of alkyl halides is 2. The molecule has 1 saturated heterocycles. The number of nitrogens with zero attached hydrogens (tertiary/aromatic N) is 5. The van der Waals surface area contributed by atoms with Gasteiger partial charge in [-0.3, -0.25) is 9.59 Å². The minimum Gasteiger partial charge on any atom is -0.345 e. The normalized spacial score (nSPS) is 20.8. The summed E-state index contributed by atoms with van der Waals surface area (Å²) in [5.41, 5.74) is 7.41. The van der Waals surface area contributed by atoms with Crippen molar-refractivity contribution in [2.75, 3.05) is 41.8 Å². The minimum atomic E-state index is -3.51. The number of piperidine rings is 1. The van der Waals surface area contributed by atoms with Gasteiger partial charge >= 0.3 is 5.92 Å². The van der Waals surface area contributed by atoms with Gasteiger partial charge in [0.2, 0.25) is 5.95 Å². The number of hydrogen-bond donors (Lipinski definition) is 2. The number of likely N-dealkylation sites (tertiary alicyclic amines) is 1. The van der Waals surface area contributed by atoms with Crippen molar-refractivity contribution in [3.8, 4) is 0 Å². The maximum atomic E-state index is 14.6. The molecule has 0 radical (unpaired) electrons. The van der Waals surface area contributed by atoms with Gasteiger partial charge in [-0.25, -0.2) is 4.98 Å². The van der Waals surface area contributed by atoms with Crippen LogP contribution in [0.5, 0.6) is 0 Å². The first-order valence-corrected chi connectivity index (χ1v) is 11.9. The lowest BCUT2D eigenvalue weighted by molar-refractivity contribution is -0.140. The maximum absolute atomic E-state index is 14.6. The number of nitrogens with two attached hydrogens (primary N) is 1. The Bertz CT molecular complexity index is 1120. The van der Waals surface area contributed by atoms with Crippen LogP contribution in [0.15, 0.2) is 30.5 Å². The Morgan fingerprint density at radius 1 is 1.14 bits per heavy atom. The van der Waals surface area contributed by atoms with E-state index in [4.69, 9.17) is 5.73 Å². The molecule has 186 valence electrons. The topological polar surface area (TPSA) is 108 Å². The predicted molar refractivity (Wildman–Crippen MR) is 128 cm³/mol. The average molecular weight is 486 g/mol. The van der Waals surface area contributed by atoms with Gasteiger partial charge in [0.25, 0.3) is 11.8 Å². The first-order chi connectivity index (χ1) is 16.7. The molecule has 3 aliphatic rings. The smallest absolute Gasteiger partial charge is 0.342 e. The summed E-state index contributed by atoms with van der Waals surface area (Å²) >= 11 is 0. The van der Waals surface area contributed by atoms with Gasteiger partial charge in [0.1, 0.15) is 5.69 Å². The van der Waals surface area contributed by atoms with E-state index < -0.39 is 18.4 Å². The lowest BCUT2D eigenvalue weighted by atomic mass is 9.91. The van der Waals surface area contributed by atoms with E-state index in [1.54, 1.807) is 29.2 Å². The minimum absolute atomic E-state index is 0.0329. The van der Waals surface area contributed by atoms with E-state index in [-0.39, 0.29) is 29.6 Å². The van der Waals surface area contributed by atoms with Crippen LogP contribution in [0, 0.1) is 0 Å². The number of halogens is 2. The first kappa shape index (κ1) is 23.4. The first-order valence-electron chi connectivity index (χ1n) is 11.9. The van der Waals surface area contributed by atoms with Gasteiger partial charge < -0.3 is 25.8 Å². The molecule has 0 unspecified atom stereocenters. The van der Waals surface area contributed by atoms with Crippen molar-refractivity contribution in [1.29, 1.82) is 0 Å². The second kappa shape index (κ2) is 9.03. The number of rotatable bonds is 4. The number of amides is 2. The highest BCUT2D eigenvalue weighted by Gasteiger charge is 2.49. The van der Waals surface area contributed by atoms with Gasteiger partial charge in [0.15, 0.2) is 5.82 Å². The molecule has 9 nitrogen and oxygen atoms in total. The predicted octanol–water partition coefficient (Wildman–Crippen LogP) is 2.75. The molecule has 5 rings (SSSR count). The highest BCUT2D eigenvalue weighted by molar-refractivity contribution is 6.02. The van der Waals surface area contributed by atoms with Crippen molar-refractivity contribution in [1.82, 2.24) is 14.9 Å². The molecule has 2 aromatic rings. The SMILES string of the molecule is CN1C(=O)C(F)(F)CN(C2CCC2)c2nc(Nc3ccc(C(=O)N4CCC(N)CC4)cc3)ncc21. The molecule has 0 bridgehead atoms. The molecular weight excluding hydrogens is 456 g/mol. The lowest BCUT2D eigenvalue weighted by Crippen LogP contribution is -2.50. The number of aromatic nitrogens is 2. The number of carbonyl (C=O) groups excluding carboxylic acids is 2. The molecule has 3 heterocycles. The second-order valence-electron chi connectivity index (χ2n) is 9.52. The summed E-state index contributed by atoms with van der Waals surface area (Å²) in [6.07, 6.45) is 5.50. The third-order valence-corrected chi connectivity index (χ3v) is 7.10. The van der Waals surface area contributed by atoms with Gasteiger partial charge in [-0.15, -0.1) is 0 Å². The van der Waals surface area contributed by atoms with Gasteiger partial charge in [0, 0.05) is 43.5 Å². The molecule has 35 heavy (non-hydrogen) atoms. The Morgan fingerprint density at radius 3 is 2.46 bits per heavy atom. The average Bonchev–Trinajstić information content (AvgIpc) is 2.88. The maximum Gasteiger partial charge on any atom is 0.342 e. The fourth-order valence-electron chi connectivity index (χ4n) is 4.70. The van der Waals surface area contributed by atoms with Crippen molar-refractivity contribution in [2.45, 2.75) is 50.1 Å². The number of nitrogens with one attached hydrogen (secondary N) is 1. The van der Waals surface area contributed by atoms with Crippen LogP contribution >= 0.6 is 0 Å².